The highest BCUT2D eigenvalue weighted by Gasteiger charge is 2.37. The van der Waals surface area contributed by atoms with Crippen LogP contribution in [0.3, 0.4) is 0 Å². The molecule has 8 heteroatoms. The number of rotatable bonds is 3. The molecular formula is C16H16F3N5. The van der Waals surface area contributed by atoms with Gasteiger partial charge in [-0.25, -0.2) is 19.9 Å². The van der Waals surface area contributed by atoms with Crippen LogP contribution in [0.2, 0.25) is 0 Å². The molecule has 126 valence electrons. The van der Waals surface area contributed by atoms with Crippen molar-refractivity contribution in [1.29, 1.82) is 0 Å². The Hall–Kier alpha value is -2.25. The predicted molar refractivity (Wildman–Crippen MR) is 80.7 cm³/mol. The fourth-order valence-electron chi connectivity index (χ4n) is 2.83. The fourth-order valence-corrected chi connectivity index (χ4v) is 2.83. The van der Waals surface area contributed by atoms with Crippen LogP contribution in [0.15, 0.2) is 18.5 Å². The summed E-state index contributed by atoms with van der Waals surface area (Å²) in [7, 11) is 0. The average molecular weight is 335 g/mol. The lowest BCUT2D eigenvalue weighted by Gasteiger charge is -2.38. The summed E-state index contributed by atoms with van der Waals surface area (Å²) in [5, 5.41) is 0. The standard InChI is InChI=1S/C16H16F3N5/c1-9-4-13(16(17,18)19)23-15(22-9)24-7-12(8-24)14-20-5-11(6-21-14)10-2-3-10/h4-6,10,12H,2-3,7-8H2,1H3. The SMILES string of the molecule is Cc1cc(C(F)(F)F)nc(N2CC(c3ncc(C4CC4)cn3)C2)n1. The molecule has 3 heterocycles. The lowest BCUT2D eigenvalue weighted by atomic mass is 9.99. The molecule has 1 saturated carbocycles. The maximum absolute atomic E-state index is 12.9. The van der Waals surface area contributed by atoms with Crippen molar-refractivity contribution >= 4 is 5.95 Å². The zero-order valence-electron chi connectivity index (χ0n) is 13.1. The topological polar surface area (TPSA) is 54.8 Å². The summed E-state index contributed by atoms with van der Waals surface area (Å²) < 4.78 is 38.6. The van der Waals surface area contributed by atoms with E-state index in [4.69, 9.17) is 0 Å². The monoisotopic (exact) mass is 335 g/mol. The number of alkyl halides is 3. The smallest absolute Gasteiger partial charge is 0.339 e. The Balaban J connectivity index is 1.46. The molecule has 0 unspecified atom stereocenters. The van der Waals surface area contributed by atoms with E-state index in [0.29, 0.717) is 24.7 Å². The van der Waals surface area contributed by atoms with Gasteiger partial charge in [-0.1, -0.05) is 0 Å². The number of aromatic nitrogens is 4. The first-order valence-electron chi connectivity index (χ1n) is 7.90. The van der Waals surface area contributed by atoms with E-state index in [-0.39, 0.29) is 11.9 Å². The Morgan fingerprint density at radius 3 is 2.29 bits per heavy atom. The second-order valence-electron chi connectivity index (χ2n) is 6.44. The second kappa shape index (κ2) is 5.39. The number of hydrogen-bond acceptors (Lipinski definition) is 5. The van der Waals surface area contributed by atoms with Crippen LogP contribution >= 0.6 is 0 Å². The molecule has 1 saturated heterocycles. The Morgan fingerprint density at radius 2 is 1.71 bits per heavy atom. The summed E-state index contributed by atoms with van der Waals surface area (Å²) in [6.45, 7) is 2.60. The fraction of sp³-hybridized carbons (Fsp3) is 0.500. The predicted octanol–water partition coefficient (Wildman–Crippen LogP) is 3.08. The van der Waals surface area contributed by atoms with Gasteiger partial charge in [0.05, 0.1) is 5.92 Å². The third kappa shape index (κ3) is 2.92. The quantitative estimate of drug-likeness (QED) is 0.863. The number of hydrogen-bond donors (Lipinski definition) is 0. The largest absolute Gasteiger partial charge is 0.433 e. The van der Waals surface area contributed by atoms with Crippen molar-refractivity contribution in [3.63, 3.8) is 0 Å². The van der Waals surface area contributed by atoms with Crippen LogP contribution in [0.5, 0.6) is 0 Å². The minimum atomic E-state index is -4.46. The van der Waals surface area contributed by atoms with E-state index in [0.717, 1.165) is 11.9 Å². The molecule has 0 atom stereocenters. The van der Waals surface area contributed by atoms with Gasteiger partial charge < -0.3 is 4.90 Å². The van der Waals surface area contributed by atoms with Crippen molar-refractivity contribution < 1.29 is 13.2 Å². The molecule has 2 aromatic rings. The first-order chi connectivity index (χ1) is 11.4. The molecular weight excluding hydrogens is 319 g/mol. The first kappa shape index (κ1) is 15.3. The van der Waals surface area contributed by atoms with Crippen molar-refractivity contribution in [3.8, 4) is 0 Å². The van der Waals surface area contributed by atoms with E-state index in [1.54, 1.807) is 4.90 Å². The lowest BCUT2D eigenvalue weighted by molar-refractivity contribution is -0.141. The van der Waals surface area contributed by atoms with Crippen molar-refractivity contribution in [1.82, 2.24) is 19.9 Å². The molecule has 4 rings (SSSR count). The van der Waals surface area contributed by atoms with E-state index in [1.165, 1.54) is 25.3 Å². The number of nitrogens with zero attached hydrogens (tertiary/aromatic N) is 5. The van der Waals surface area contributed by atoms with Gasteiger partial charge in [0.15, 0.2) is 0 Å². The third-order valence-electron chi connectivity index (χ3n) is 4.40. The van der Waals surface area contributed by atoms with Crippen LogP contribution in [-0.4, -0.2) is 33.0 Å². The lowest BCUT2D eigenvalue weighted by Crippen LogP contribution is -2.46. The molecule has 2 fully saturated rings. The highest BCUT2D eigenvalue weighted by atomic mass is 19.4. The van der Waals surface area contributed by atoms with E-state index in [2.05, 4.69) is 19.9 Å². The minimum Gasteiger partial charge on any atom is -0.339 e. The van der Waals surface area contributed by atoms with Crippen LogP contribution in [0.4, 0.5) is 19.1 Å². The zero-order chi connectivity index (χ0) is 16.9. The average Bonchev–Trinajstić information content (AvgIpc) is 3.30. The van der Waals surface area contributed by atoms with Gasteiger partial charge in [0.1, 0.15) is 11.5 Å². The van der Waals surface area contributed by atoms with Gasteiger partial charge in [0.2, 0.25) is 5.95 Å². The van der Waals surface area contributed by atoms with Gasteiger partial charge in [-0.2, -0.15) is 13.2 Å². The zero-order valence-corrected chi connectivity index (χ0v) is 13.1. The Morgan fingerprint density at radius 1 is 1.04 bits per heavy atom. The Labute approximate surface area is 137 Å². The number of aryl methyl sites for hydroxylation is 1. The summed E-state index contributed by atoms with van der Waals surface area (Å²) in [4.78, 5) is 18.3. The molecule has 2 aromatic heterocycles. The molecule has 1 aliphatic heterocycles. The van der Waals surface area contributed by atoms with E-state index < -0.39 is 11.9 Å². The summed E-state index contributed by atoms with van der Waals surface area (Å²) in [5.41, 5.74) is 0.575. The molecule has 0 N–H and O–H groups in total. The third-order valence-corrected chi connectivity index (χ3v) is 4.40. The summed E-state index contributed by atoms with van der Waals surface area (Å²) in [6, 6.07) is 0.959. The van der Waals surface area contributed by atoms with Crippen LogP contribution in [-0.2, 0) is 6.18 Å². The normalized spacial score (nSPS) is 18.6. The van der Waals surface area contributed by atoms with Gasteiger partial charge in [-0.15, -0.1) is 0 Å². The maximum Gasteiger partial charge on any atom is 0.433 e. The summed E-state index contributed by atoms with van der Waals surface area (Å²) in [6.07, 6.45) is 1.67. The number of halogens is 3. The molecule has 2 aliphatic rings. The van der Waals surface area contributed by atoms with Gasteiger partial charge in [-0.3, -0.25) is 0 Å². The van der Waals surface area contributed by atoms with E-state index in [1.807, 2.05) is 12.4 Å². The van der Waals surface area contributed by atoms with Gasteiger partial charge in [-0.05, 0) is 37.3 Å². The van der Waals surface area contributed by atoms with Crippen molar-refractivity contribution in [3.05, 3.63) is 41.2 Å². The highest BCUT2D eigenvalue weighted by molar-refractivity contribution is 5.39. The Kier molecular flexibility index (Phi) is 3.43. The summed E-state index contributed by atoms with van der Waals surface area (Å²) in [5.74, 6) is 1.57. The second-order valence-corrected chi connectivity index (χ2v) is 6.44. The van der Waals surface area contributed by atoms with Crippen LogP contribution in [0.1, 0.15) is 47.5 Å². The van der Waals surface area contributed by atoms with Crippen molar-refractivity contribution in [2.75, 3.05) is 18.0 Å². The minimum absolute atomic E-state index is 0.108. The molecule has 0 spiro atoms. The molecule has 24 heavy (non-hydrogen) atoms. The van der Waals surface area contributed by atoms with E-state index in [9.17, 15) is 13.2 Å². The molecule has 0 radical (unpaired) electrons. The van der Waals surface area contributed by atoms with Gasteiger partial charge in [0, 0.05) is 31.2 Å². The van der Waals surface area contributed by atoms with Gasteiger partial charge >= 0.3 is 6.18 Å². The molecule has 0 amide bonds. The highest BCUT2D eigenvalue weighted by Crippen LogP contribution is 2.39. The maximum atomic E-state index is 12.9. The Bertz CT molecular complexity index is 749. The van der Waals surface area contributed by atoms with E-state index >= 15 is 0 Å². The molecule has 1 aliphatic carbocycles. The molecule has 5 nitrogen and oxygen atoms in total. The van der Waals surface area contributed by atoms with Crippen LogP contribution in [0.25, 0.3) is 0 Å². The van der Waals surface area contributed by atoms with Crippen LogP contribution < -0.4 is 4.90 Å². The summed E-state index contributed by atoms with van der Waals surface area (Å²) >= 11 is 0. The first-order valence-corrected chi connectivity index (χ1v) is 7.90. The number of anilines is 1. The van der Waals surface area contributed by atoms with Crippen LogP contribution in [0, 0.1) is 6.92 Å². The van der Waals surface area contributed by atoms with Crippen molar-refractivity contribution in [2.24, 2.45) is 0 Å². The molecule has 0 bridgehead atoms. The van der Waals surface area contributed by atoms with Gasteiger partial charge in [0.25, 0.3) is 0 Å². The van der Waals surface area contributed by atoms with Crippen molar-refractivity contribution in [2.45, 2.75) is 37.8 Å². The molecule has 0 aromatic carbocycles.